The summed E-state index contributed by atoms with van der Waals surface area (Å²) in [6, 6.07) is 15.7. The van der Waals surface area contributed by atoms with Crippen LogP contribution in [0.15, 0.2) is 48.5 Å². The topological polar surface area (TPSA) is 40.5 Å². The Morgan fingerprint density at radius 2 is 1.22 bits per heavy atom. The molecular formula is C25H32O2. The number of phenolic OH excluding ortho intramolecular Hbond substituents is 2. The molecule has 0 aliphatic heterocycles. The molecule has 2 saturated carbocycles. The molecule has 144 valence electrons. The van der Waals surface area contributed by atoms with E-state index in [1.54, 1.807) is 0 Å². The van der Waals surface area contributed by atoms with Crippen LogP contribution in [0.1, 0.15) is 69.4 Å². The molecule has 2 heteroatoms. The fourth-order valence-electron chi connectivity index (χ4n) is 6.01. The van der Waals surface area contributed by atoms with Crippen molar-refractivity contribution >= 4 is 0 Å². The molecule has 2 atom stereocenters. The molecule has 2 aliphatic rings. The molecule has 0 bridgehead atoms. The van der Waals surface area contributed by atoms with E-state index < -0.39 is 0 Å². The monoisotopic (exact) mass is 364 g/mol. The van der Waals surface area contributed by atoms with E-state index in [0.717, 1.165) is 18.3 Å². The summed E-state index contributed by atoms with van der Waals surface area (Å²) in [7, 11) is 0. The maximum absolute atomic E-state index is 9.79. The van der Waals surface area contributed by atoms with E-state index in [-0.39, 0.29) is 5.41 Å². The number of hydrogen-bond donors (Lipinski definition) is 2. The smallest absolute Gasteiger partial charge is 0.115 e. The van der Waals surface area contributed by atoms with Gasteiger partial charge in [-0.3, -0.25) is 0 Å². The van der Waals surface area contributed by atoms with Crippen LogP contribution in [0.4, 0.5) is 0 Å². The first kappa shape index (κ1) is 18.4. The highest BCUT2D eigenvalue weighted by molar-refractivity contribution is 5.44. The van der Waals surface area contributed by atoms with Crippen LogP contribution in [0.5, 0.6) is 11.5 Å². The third-order valence-corrected chi connectivity index (χ3v) is 7.49. The number of aromatic hydroxyl groups is 2. The van der Waals surface area contributed by atoms with E-state index >= 15 is 0 Å². The minimum atomic E-state index is -0.0352. The zero-order valence-corrected chi connectivity index (χ0v) is 16.4. The largest absolute Gasteiger partial charge is 0.508 e. The van der Waals surface area contributed by atoms with E-state index in [9.17, 15) is 10.2 Å². The summed E-state index contributed by atoms with van der Waals surface area (Å²) < 4.78 is 0. The lowest BCUT2D eigenvalue weighted by molar-refractivity contribution is 0.118. The molecule has 2 aliphatic carbocycles. The maximum Gasteiger partial charge on any atom is 0.115 e. The third kappa shape index (κ3) is 3.47. The quantitative estimate of drug-likeness (QED) is 0.661. The molecule has 2 N–H and O–H groups in total. The molecule has 0 aromatic heterocycles. The van der Waals surface area contributed by atoms with Crippen LogP contribution in [0.25, 0.3) is 0 Å². The highest BCUT2D eigenvalue weighted by Crippen LogP contribution is 2.53. The number of hydrogen-bond acceptors (Lipinski definition) is 2. The molecule has 0 heterocycles. The molecule has 4 rings (SSSR count). The van der Waals surface area contributed by atoms with Gasteiger partial charge in [-0.25, -0.2) is 0 Å². The van der Waals surface area contributed by atoms with Gasteiger partial charge in [-0.2, -0.15) is 0 Å². The molecule has 0 radical (unpaired) electrons. The summed E-state index contributed by atoms with van der Waals surface area (Å²) in [6.45, 7) is 2.41. The fourth-order valence-corrected chi connectivity index (χ4v) is 6.01. The Morgan fingerprint density at radius 1 is 0.704 bits per heavy atom. The lowest BCUT2D eigenvalue weighted by Crippen LogP contribution is -2.42. The number of rotatable bonds is 3. The Balaban J connectivity index is 1.68. The molecule has 2 aromatic rings. The van der Waals surface area contributed by atoms with Crippen molar-refractivity contribution in [3.63, 3.8) is 0 Å². The summed E-state index contributed by atoms with van der Waals surface area (Å²) in [5.41, 5.74) is 2.55. The summed E-state index contributed by atoms with van der Waals surface area (Å²) in [5, 5.41) is 19.6. The van der Waals surface area contributed by atoms with Gasteiger partial charge in [0.1, 0.15) is 11.5 Å². The molecule has 2 unspecified atom stereocenters. The first-order valence-electron chi connectivity index (χ1n) is 10.7. The van der Waals surface area contributed by atoms with Crippen LogP contribution in [-0.2, 0) is 5.41 Å². The van der Waals surface area contributed by atoms with Crippen LogP contribution >= 0.6 is 0 Å². The molecule has 27 heavy (non-hydrogen) atoms. The van der Waals surface area contributed by atoms with Crippen LogP contribution in [0, 0.1) is 17.8 Å². The molecule has 0 amide bonds. The Labute approximate surface area is 163 Å². The van der Waals surface area contributed by atoms with Gasteiger partial charge < -0.3 is 10.2 Å². The standard InChI is InChI=1S/C25H32O2/c1-18-17-20(19-5-3-2-4-6-19)15-16-25(18,21-7-11-23(26)12-8-21)22-9-13-24(27)14-10-22/h7-14,18-20,26-27H,2-6,15-17H2,1H3. The zero-order valence-electron chi connectivity index (χ0n) is 16.4. The van der Waals surface area contributed by atoms with Crippen LogP contribution < -0.4 is 0 Å². The molecule has 2 aromatic carbocycles. The lowest BCUT2D eigenvalue weighted by Gasteiger charge is -2.48. The molecule has 0 spiro atoms. The van der Waals surface area contributed by atoms with Crippen molar-refractivity contribution in [3.05, 3.63) is 59.7 Å². The number of phenols is 2. The van der Waals surface area contributed by atoms with Crippen molar-refractivity contribution in [2.24, 2.45) is 17.8 Å². The number of benzene rings is 2. The predicted molar refractivity (Wildman–Crippen MR) is 110 cm³/mol. The SMILES string of the molecule is CC1CC(C2CCCCC2)CCC1(c1ccc(O)cc1)c1ccc(O)cc1. The Morgan fingerprint density at radius 3 is 1.70 bits per heavy atom. The minimum absolute atomic E-state index is 0.0352. The Hall–Kier alpha value is -1.96. The van der Waals surface area contributed by atoms with E-state index in [4.69, 9.17) is 0 Å². The van der Waals surface area contributed by atoms with Gasteiger partial charge in [0, 0.05) is 5.41 Å². The summed E-state index contributed by atoms with van der Waals surface area (Å²) in [4.78, 5) is 0. The second-order valence-electron chi connectivity index (χ2n) is 8.90. The Kier molecular flexibility index (Phi) is 5.16. The average molecular weight is 365 g/mol. The predicted octanol–water partition coefficient (Wildman–Crippen LogP) is 6.40. The average Bonchev–Trinajstić information content (AvgIpc) is 2.70. The molecule has 2 nitrogen and oxygen atoms in total. The second kappa shape index (κ2) is 7.58. The molecular weight excluding hydrogens is 332 g/mol. The van der Waals surface area contributed by atoms with E-state index in [2.05, 4.69) is 31.2 Å². The van der Waals surface area contributed by atoms with Crippen molar-refractivity contribution in [1.82, 2.24) is 0 Å². The van der Waals surface area contributed by atoms with Gasteiger partial charge in [0.2, 0.25) is 0 Å². The highest BCUT2D eigenvalue weighted by atomic mass is 16.3. The van der Waals surface area contributed by atoms with Crippen molar-refractivity contribution in [3.8, 4) is 11.5 Å². The van der Waals surface area contributed by atoms with Crippen LogP contribution in [0.3, 0.4) is 0 Å². The van der Waals surface area contributed by atoms with Gasteiger partial charge >= 0.3 is 0 Å². The van der Waals surface area contributed by atoms with Gasteiger partial charge in [0.15, 0.2) is 0 Å². The highest BCUT2D eigenvalue weighted by Gasteiger charge is 2.45. The minimum Gasteiger partial charge on any atom is -0.508 e. The van der Waals surface area contributed by atoms with E-state index in [0.29, 0.717) is 17.4 Å². The molecule has 0 saturated heterocycles. The van der Waals surface area contributed by atoms with Gasteiger partial charge in [-0.15, -0.1) is 0 Å². The van der Waals surface area contributed by atoms with Gasteiger partial charge in [-0.05, 0) is 72.4 Å². The van der Waals surface area contributed by atoms with E-state index in [1.165, 1.54) is 56.1 Å². The van der Waals surface area contributed by atoms with Crippen molar-refractivity contribution in [1.29, 1.82) is 0 Å². The summed E-state index contributed by atoms with van der Waals surface area (Å²) in [6.07, 6.45) is 10.8. The van der Waals surface area contributed by atoms with Gasteiger partial charge in [0.05, 0.1) is 0 Å². The molecule has 2 fully saturated rings. The normalized spacial score (nSPS) is 26.0. The second-order valence-corrected chi connectivity index (χ2v) is 8.90. The fraction of sp³-hybridized carbons (Fsp3) is 0.520. The van der Waals surface area contributed by atoms with Crippen LogP contribution in [0.2, 0.25) is 0 Å². The first-order valence-corrected chi connectivity index (χ1v) is 10.7. The maximum atomic E-state index is 9.79. The van der Waals surface area contributed by atoms with E-state index in [1.807, 2.05) is 24.3 Å². The third-order valence-electron chi connectivity index (χ3n) is 7.49. The van der Waals surface area contributed by atoms with Gasteiger partial charge in [-0.1, -0.05) is 63.3 Å². The Bertz CT molecular complexity index is 695. The lowest BCUT2D eigenvalue weighted by atomic mass is 9.55. The summed E-state index contributed by atoms with van der Waals surface area (Å²) in [5.74, 6) is 2.94. The van der Waals surface area contributed by atoms with Crippen molar-refractivity contribution in [2.45, 2.75) is 63.7 Å². The first-order chi connectivity index (χ1) is 13.1. The summed E-state index contributed by atoms with van der Waals surface area (Å²) >= 11 is 0. The van der Waals surface area contributed by atoms with Crippen molar-refractivity contribution < 1.29 is 10.2 Å². The van der Waals surface area contributed by atoms with Crippen LogP contribution in [-0.4, -0.2) is 10.2 Å². The van der Waals surface area contributed by atoms with Gasteiger partial charge in [0.25, 0.3) is 0 Å². The zero-order chi connectivity index (χ0) is 18.9. The van der Waals surface area contributed by atoms with Crippen molar-refractivity contribution in [2.75, 3.05) is 0 Å².